The van der Waals surface area contributed by atoms with Gasteiger partial charge in [0.05, 0.1) is 0 Å². The van der Waals surface area contributed by atoms with Gasteiger partial charge in [-0.2, -0.15) is 0 Å². The minimum Gasteiger partial charge on any atom is -0.386 e. The fourth-order valence-corrected chi connectivity index (χ4v) is 0.427. The van der Waals surface area contributed by atoms with Gasteiger partial charge in [0.2, 0.25) is 0 Å². The Morgan fingerprint density at radius 3 is 2.33 bits per heavy atom. The Labute approximate surface area is 54.5 Å². The van der Waals surface area contributed by atoms with Gasteiger partial charge in [0.25, 0.3) is 0 Å². The van der Waals surface area contributed by atoms with Gasteiger partial charge in [0.15, 0.2) is 0 Å². The standard InChI is InChI=1S/C7H11FO/c1-4-5(2)7(8)6(3)9/h4,6,9H,1H2,2-3H3/b7-5+. The van der Waals surface area contributed by atoms with Gasteiger partial charge in [-0.05, 0) is 19.4 Å². The zero-order chi connectivity index (χ0) is 7.44. The molecule has 0 rings (SSSR count). The van der Waals surface area contributed by atoms with Crippen LogP contribution in [-0.4, -0.2) is 11.2 Å². The van der Waals surface area contributed by atoms with Crippen LogP contribution in [0.2, 0.25) is 0 Å². The van der Waals surface area contributed by atoms with Gasteiger partial charge in [0.1, 0.15) is 11.9 Å². The van der Waals surface area contributed by atoms with E-state index in [1.54, 1.807) is 6.92 Å². The van der Waals surface area contributed by atoms with E-state index in [1.165, 1.54) is 13.0 Å². The molecule has 0 aliphatic carbocycles. The van der Waals surface area contributed by atoms with E-state index in [4.69, 9.17) is 5.11 Å². The van der Waals surface area contributed by atoms with Crippen molar-refractivity contribution < 1.29 is 9.50 Å². The summed E-state index contributed by atoms with van der Waals surface area (Å²) in [6.07, 6.45) is 0.366. The van der Waals surface area contributed by atoms with E-state index in [2.05, 4.69) is 6.58 Å². The minimum atomic E-state index is -1.01. The molecular formula is C7H11FO. The van der Waals surface area contributed by atoms with Crippen LogP contribution in [0, 0.1) is 0 Å². The summed E-state index contributed by atoms with van der Waals surface area (Å²) in [6, 6.07) is 0. The number of hydrogen-bond acceptors (Lipinski definition) is 1. The highest BCUT2D eigenvalue weighted by molar-refractivity contribution is 5.19. The first-order chi connectivity index (χ1) is 4.09. The number of allylic oxidation sites excluding steroid dienone is 2. The average Bonchev–Trinajstić information content (AvgIpc) is 1.84. The molecule has 0 saturated carbocycles. The quantitative estimate of drug-likeness (QED) is 0.565. The summed E-state index contributed by atoms with van der Waals surface area (Å²) in [6.45, 7) is 6.30. The van der Waals surface area contributed by atoms with E-state index in [0.29, 0.717) is 5.57 Å². The molecule has 0 heterocycles. The van der Waals surface area contributed by atoms with E-state index < -0.39 is 11.9 Å². The van der Waals surface area contributed by atoms with Gasteiger partial charge in [-0.3, -0.25) is 0 Å². The van der Waals surface area contributed by atoms with Crippen molar-refractivity contribution in [2.75, 3.05) is 0 Å². The van der Waals surface area contributed by atoms with Gasteiger partial charge in [-0.15, -0.1) is 0 Å². The third kappa shape index (κ3) is 2.42. The summed E-state index contributed by atoms with van der Waals surface area (Å²) < 4.78 is 12.5. The van der Waals surface area contributed by atoms with E-state index in [1.807, 2.05) is 0 Å². The topological polar surface area (TPSA) is 20.2 Å². The lowest BCUT2D eigenvalue weighted by molar-refractivity contribution is 0.200. The van der Waals surface area contributed by atoms with E-state index in [9.17, 15) is 4.39 Å². The average molecular weight is 130 g/mol. The number of rotatable bonds is 2. The van der Waals surface area contributed by atoms with Gasteiger partial charge >= 0.3 is 0 Å². The fourth-order valence-electron chi connectivity index (χ4n) is 0.427. The molecule has 2 heteroatoms. The maximum absolute atomic E-state index is 12.5. The van der Waals surface area contributed by atoms with Crippen LogP contribution in [0.5, 0.6) is 0 Å². The maximum atomic E-state index is 12.5. The molecule has 1 N–H and O–H groups in total. The molecule has 52 valence electrons. The Morgan fingerprint density at radius 1 is 1.78 bits per heavy atom. The molecule has 0 spiro atoms. The fraction of sp³-hybridized carbons (Fsp3) is 0.429. The van der Waals surface area contributed by atoms with E-state index in [0.717, 1.165) is 0 Å². The summed E-state index contributed by atoms with van der Waals surface area (Å²) >= 11 is 0. The van der Waals surface area contributed by atoms with Crippen LogP contribution in [-0.2, 0) is 0 Å². The molecule has 0 aliphatic rings. The third-order valence-corrected chi connectivity index (χ3v) is 1.05. The molecule has 0 fully saturated rings. The van der Waals surface area contributed by atoms with Crippen LogP contribution < -0.4 is 0 Å². The minimum absolute atomic E-state index is 0.394. The van der Waals surface area contributed by atoms with Crippen molar-refractivity contribution in [1.82, 2.24) is 0 Å². The van der Waals surface area contributed by atoms with Gasteiger partial charge in [0, 0.05) is 0 Å². The Hall–Kier alpha value is -0.630. The second-order valence-corrected chi connectivity index (χ2v) is 1.91. The molecular weight excluding hydrogens is 119 g/mol. The summed E-state index contributed by atoms with van der Waals surface area (Å²) in [5.41, 5.74) is 0.394. The Morgan fingerprint density at radius 2 is 2.22 bits per heavy atom. The molecule has 0 amide bonds. The van der Waals surface area contributed by atoms with Gasteiger partial charge < -0.3 is 5.11 Å². The van der Waals surface area contributed by atoms with Crippen LogP contribution in [0.15, 0.2) is 24.1 Å². The first-order valence-corrected chi connectivity index (χ1v) is 2.76. The van der Waals surface area contributed by atoms with E-state index in [-0.39, 0.29) is 0 Å². The highest BCUT2D eigenvalue weighted by Gasteiger charge is 2.04. The molecule has 0 aromatic rings. The molecule has 1 unspecified atom stereocenters. The molecule has 0 aromatic heterocycles. The first kappa shape index (κ1) is 8.37. The Bertz CT molecular complexity index is 136. The molecule has 0 aromatic carbocycles. The SMILES string of the molecule is C=C/C(C)=C(/F)C(C)O. The van der Waals surface area contributed by atoms with Gasteiger partial charge in [-0.25, -0.2) is 4.39 Å². The molecule has 0 saturated heterocycles. The first-order valence-electron chi connectivity index (χ1n) is 2.76. The Balaban J connectivity index is 4.27. The smallest absolute Gasteiger partial charge is 0.131 e. The highest BCUT2D eigenvalue weighted by Crippen LogP contribution is 2.10. The van der Waals surface area contributed by atoms with Gasteiger partial charge in [-0.1, -0.05) is 12.7 Å². The predicted molar refractivity (Wildman–Crippen MR) is 35.7 cm³/mol. The number of hydrogen-bond donors (Lipinski definition) is 1. The van der Waals surface area contributed by atoms with Crippen molar-refractivity contribution in [3.8, 4) is 0 Å². The highest BCUT2D eigenvalue weighted by atomic mass is 19.1. The number of aliphatic hydroxyl groups is 1. The van der Waals surface area contributed by atoms with Crippen LogP contribution >= 0.6 is 0 Å². The summed E-state index contributed by atoms with van der Waals surface area (Å²) in [5.74, 6) is -0.509. The van der Waals surface area contributed by atoms with Crippen molar-refractivity contribution >= 4 is 0 Å². The third-order valence-electron chi connectivity index (χ3n) is 1.05. The zero-order valence-corrected chi connectivity index (χ0v) is 5.69. The molecule has 1 atom stereocenters. The molecule has 0 aliphatic heterocycles. The monoisotopic (exact) mass is 130 g/mol. The van der Waals surface area contributed by atoms with Crippen LogP contribution in [0.1, 0.15) is 13.8 Å². The van der Waals surface area contributed by atoms with E-state index >= 15 is 0 Å². The Kier molecular flexibility index (Phi) is 3.17. The summed E-state index contributed by atoms with van der Waals surface area (Å²) in [7, 11) is 0. The normalized spacial score (nSPS) is 16.4. The zero-order valence-electron chi connectivity index (χ0n) is 5.69. The predicted octanol–water partition coefficient (Wildman–Crippen LogP) is 1.80. The second kappa shape index (κ2) is 3.41. The molecule has 1 nitrogen and oxygen atoms in total. The summed E-state index contributed by atoms with van der Waals surface area (Å²) in [4.78, 5) is 0. The van der Waals surface area contributed by atoms with Crippen LogP contribution in [0.4, 0.5) is 4.39 Å². The lowest BCUT2D eigenvalue weighted by Gasteiger charge is -2.00. The lowest BCUT2D eigenvalue weighted by Crippen LogP contribution is -2.01. The number of halogens is 1. The van der Waals surface area contributed by atoms with Crippen LogP contribution in [0.3, 0.4) is 0 Å². The maximum Gasteiger partial charge on any atom is 0.131 e. The van der Waals surface area contributed by atoms with Crippen molar-refractivity contribution in [2.45, 2.75) is 20.0 Å². The summed E-state index contributed by atoms with van der Waals surface area (Å²) in [5, 5.41) is 8.64. The molecule has 0 radical (unpaired) electrons. The van der Waals surface area contributed by atoms with Crippen LogP contribution in [0.25, 0.3) is 0 Å². The largest absolute Gasteiger partial charge is 0.386 e. The molecule has 0 bridgehead atoms. The van der Waals surface area contributed by atoms with Crippen molar-refractivity contribution in [3.05, 3.63) is 24.1 Å². The van der Waals surface area contributed by atoms with Crippen molar-refractivity contribution in [3.63, 3.8) is 0 Å². The molecule has 9 heavy (non-hydrogen) atoms. The lowest BCUT2D eigenvalue weighted by atomic mass is 10.2. The number of aliphatic hydroxyl groups excluding tert-OH is 1. The second-order valence-electron chi connectivity index (χ2n) is 1.91. The van der Waals surface area contributed by atoms with Crippen molar-refractivity contribution in [2.24, 2.45) is 0 Å². The van der Waals surface area contributed by atoms with Crippen molar-refractivity contribution in [1.29, 1.82) is 0 Å².